The molecule has 0 radical (unpaired) electrons. The van der Waals surface area contributed by atoms with Crippen molar-refractivity contribution in [2.75, 3.05) is 6.61 Å². The molecule has 10 heteroatoms. The van der Waals surface area contributed by atoms with E-state index < -0.39 is 42.2 Å². The number of esters is 1. The summed E-state index contributed by atoms with van der Waals surface area (Å²) in [6.45, 7) is 2.94. The maximum Gasteiger partial charge on any atom is 0.328 e. The van der Waals surface area contributed by atoms with Crippen molar-refractivity contribution >= 4 is 28.7 Å². The number of nitrogens with one attached hydrogen (secondary N) is 3. The number of rotatable bonds is 5. The molecule has 0 spiro atoms. The zero-order valence-corrected chi connectivity index (χ0v) is 17.5. The number of aromatic amines is 1. The van der Waals surface area contributed by atoms with Gasteiger partial charge in [0.1, 0.15) is 6.54 Å². The lowest BCUT2D eigenvalue weighted by atomic mass is 9.78. The van der Waals surface area contributed by atoms with Crippen LogP contribution in [-0.2, 0) is 20.9 Å². The standard InChI is InChI=1S/C21H26N4O6/c1-12-6-5-9-16(13(12)2)22-21(30)23-17(26)11-31-18(27)10-25-20(29)15-8-4-3-7-14(15)19(28)24-25/h3-4,7-8,12-13,16H,5-6,9-11H2,1-2H3,(H,24,28)(H2,22,23,26,30)/t12-,13+,16-/m1/s1. The van der Waals surface area contributed by atoms with Gasteiger partial charge < -0.3 is 10.1 Å². The summed E-state index contributed by atoms with van der Waals surface area (Å²) in [5.74, 6) is -0.907. The van der Waals surface area contributed by atoms with Crippen molar-refractivity contribution in [3.63, 3.8) is 0 Å². The number of fused-ring (bicyclic) bond motifs is 1. The molecule has 2 aromatic rings. The Bertz CT molecular complexity index is 1100. The predicted octanol–water partition coefficient (Wildman–Crippen LogP) is 0.884. The van der Waals surface area contributed by atoms with Crippen LogP contribution in [0.5, 0.6) is 0 Å². The first-order valence-electron chi connectivity index (χ1n) is 10.2. The molecule has 3 amide bonds. The van der Waals surface area contributed by atoms with E-state index in [0.717, 1.165) is 23.9 Å². The van der Waals surface area contributed by atoms with Crippen LogP contribution in [0.25, 0.3) is 10.8 Å². The van der Waals surface area contributed by atoms with Crippen molar-refractivity contribution < 1.29 is 19.1 Å². The molecule has 0 saturated heterocycles. The lowest BCUT2D eigenvalue weighted by Crippen LogP contribution is -2.50. The van der Waals surface area contributed by atoms with Gasteiger partial charge in [-0.1, -0.05) is 38.8 Å². The van der Waals surface area contributed by atoms with E-state index in [0.29, 0.717) is 11.8 Å². The van der Waals surface area contributed by atoms with E-state index in [1.165, 1.54) is 12.1 Å². The van der Waals surface area contributed by atoms with Crippen LogP contribution in [0.15, 0.2) is 33.9 Å². The fraction of sp³-hybridized carbons (Fsp3) is 0.476. The number of H-pyrrole nitrogens is 1. The fourth-order valence-corrected chi connectivity index (χ4v) is 3.83. The number of aromatic nitrogens is 2. The minimum Gasteiger partial charge on any atom is -0.454 e. The molecule has 1 saturated carbocycles. The second-order valence-corrected chi connectivity index (χ2v) is 7.93. The molecule has 10 nitrogen and oxygen atoms in total. The Kier molecular flexibility index (Phi) is 6.88. The number of benzene rings is 1. The average molecular weight is 430 g/mol. The fourth-order valence-electron chi connectivity index (χ4n) is 3.83. The van der Waals surface area contributed by atoms with Gasteiger partial charge in [-0.2, -0.15) is 0 Å². The molecule has 1 aromatic heterocycles. The number of hydrogen-bond acceptors (Lipinski definition) is 6. The molecule has 3 rings (SSSR count). The minimum atomic E-state index is -0.904. The number of nitrogens with zero attached hydrogens (tertiary/aromatic N) is 1. The van der Waals surface area contributed by atoms with Gasteiger partial charge in [-0.25, -0.2) is 9.48 Å². The largest absolute Gasteiger partial charge is 0.454 e. The van der Waals surface area contributed by atoms with E-state index in [-0.39, 0.29) is 16.8 Å². The number of carbonyl (C=O) groups is 3. The molecule has 0 bridgehead atoms. The van der Waals surface area contributed by atoms with Crippen molar-refractivity contribution in [1.82, 2.24) is 20.4 Å². The van der Waals surface area contributed by atoms with Gasteiger partial charge in [0.2, 0.25) is 0 Å². The van der Waals surface area contributed by atoms with Crippen LogP contribution >= 0.6 is 0 Å². The molecule has 0 aliphatic heterocycles. The molecular weight excluding hydrogens is 404 g/mol. The van der Waals surface area contributed by atoms with Crippen LogP contribution in [0.3, 0.4) is 0 Å². The van der Waals surface area contributed by atoms with Crippen molar-refractivity contribution in [2.24, 2.45) is 11.8 Å². The number of urea groups is 1. The minimum absolute atomic E-state index is 0.0179. The predicted molar refractivity (Wildman–Crippen MR) is 112 cm³/mol. The smallest absolute Gasteiger partial charge is 0.328 e. The van der Waals surface area contributed by atoms with E-state index in [1.807, 2.05) is 0 Å². The summed E-state index contributed by atoms with van der Waals surface area (Å²) in [5, 5.41) is 7.61. The first-order valence-corrected chi connectivity index (χ1v) is 10.2. The van der Waals surface area contributed by atoms with Crippen LogP contribution in [0, 0.1) is 11.8 Å². The van der Waals surface area contributed by atoms with Gasteiger partial charge in [-0.3, -0.25) is 29.6 Å². The Morgan fingerprint density at radius 3 is 2.58 bits per heavy atom. The SMILES string of the molecule is C[C@H]1[C@H](C)CCC[C@H]1NC(=O)NC(=O)COC(=O)Cn1[nH]c(=O)c2ccccc2c1=O. The van der Waals surface area contributed by atoms with E-state index in [9.17, 15) is 24.0 Å². The second kappa shape index (κ2) is 9.59. The van der Waals surface area contributed by atoms with Crippen molar-refractivity contribution in [3.05, 3.63) is 45.0 Å². The van der Waals surface area contributed by atoms with Gasteiger partial charge in [0.25, 0.3) is 17.0 Å². The van der Waals surface area contributed by atoms with Crippen LogP contribution in [0.4, 0.5) is 4.79 Å². The van der Waals surface area contributed by atoms with Crippen LogP contribution in [-0.4, -0.2) is 40.3 Å². The van der Waals surface area contributed by atoms with E-state index in [2.05, 4.69) is 29.6 Å². The normalized spacial score (nSPS) is 20.8. The van der Waals surface area contributed by atoms with E-state index >= 15 is 0 Å². The Hall–Kier alpha value is -3.43. The van der Waals surface area contributed by atoms with Gasteiger partial charge in [0.05, 0.1) is 10.8 Å². The third kappa shape index (κ3) is 5.39. The molecular formula is C21H26N4O6. The van der Waals surface area contributed by atoms with Crippen LogP contribution < -0.4 is 21.8 Å². The Labute approximate surface area is 177 Å². The van der Waals surface area contributed by atoms with Crippen molar-refractivity contribution in [2.45, 2.75) is 45.7 Å². The molecule has 1 aliphatic carbocycles. The number of ether oxygens (including phenoxy) is 1. The number of imide groups is 1. The monoisotopic (exact) mass is 430 g/mol. The van der Waals surface area contributed by atoms with E-state index in [4.69, 9.17) is 4.74 Å². The molecule has 3 N–H and O–H groups in total. The van der Waals surface area contributed by atoms with Gasteiger partial charge >= 0.3 is 12.0 Å². The number of amides is 3. The summed E-state index contributed by atoms with van der Waals surface area (Å²) in [5.41, 5.74) is -1.09. The summed E-state index contributed by atoms with van der Waals surface area (Å²) in [7, 11) is 0. The molecule has 1 aromatic carbocycles. The van der Waals surface area contributed by atoms with Gasteiger partial charge in [-0.15, -0.1) is 0 Å². The molecule has 3 atom stereocenters. The Morgan fingerprint density at radius 2 is 1.84 bits per heavy atom. The number of hydrogen-bond donors (Lipinski definition) is 3. The Balaban J connectivity index is 1.51. The zero-order valence-electron chi connectivity index (χ0n) is 17.5. The molecule has 1 fully saturated rings. The summed E-state index contributed by atoms with van der Waals surface area (Å²) in [6, 6.07) is 5.56. The van der Waals surface area contributed by atoms with Crippen LogP contribution in [0.2, 0.25) is 0 Å². The topological polar surface area (TPSA) is 139 Å². The maximum absolute atomic E-state index is 12.4. The molecule has 166 valence electrons. The van der Waals surface area contributed by atoms with Crippen molar-refractivity contribution in [3.8, 4) is 0 Å². The van der Waals surface area contributed by atoms with Crippen molar-refractivity contribution in [1.29, 1.82) is 0 Å². The first kappa shape index (κ1) is 22.3. The van der Waals surface area contributed by atoms with Crippen LogP contribution in [0.1, 0.15) is 33.1 Å². The summed E-state index contributed by atoms with van der Waals surface area (Å²) < 4.78 is 5.65. The molecule has 1 aliphatic rings. The van der Waals surface area contributed by atoms with Gasteiger partial charge in [0.15, 0.2) is 6.61 Å². The first-order chi connectivity index (χ1) is 14.8. The molecule has 1 heterocycles. The maximum atomic E-state index is 12.4. The lowest BCUT2D eigenvalue weighted by Gasteiger charge is -2.34. The summed E-state index contributed by atoms with van der Waals surface area (Å²) in [4.78, 5) is 60.4. The van der Waals surface area contributed by atoms with Gasteiger partial charge in [0, 0.05) is 6.04 Å². The second-order valence-electron chi connectivity index (χ2n) is 7.93. The van der Waals surface area contributed by atoms with Gasteiger partial charge in [-0.05, 0) is 30.4 Å². The summed E-state index contributed by atoms with van der Waals surface area (Å²) in [6.07, 6.45) is 2.97. The molecule has 31 heavy (non-hydrogen) atoms. The van der Waals surface area contributed by atoms with E-state index in [1.54, 1.807) is 12.1 Å². The highest BCUT2D eigenvalue weighted by Gasteiger charge is 2.28. The third-order valence-electron chi connectivity index (χ3n) is 5.81. The Morgan fingerprint density at radius 1 is 1.13 bits per heavy atom. The average Bonchev–Trinajstić information content (AvgIpc) is 2.73. The highest BCUT2D eigenvalue weighted by molar-refractivity contribution is 5.95. The summed E-state index contributed by atoms with van der Waals surface area (Å²) >= 11 is 0. The highest BCUT2D eigenvalue weighted by Crippen LogP contribution is 2.29. The number of carbonyl (C=O) groups excluding carboxylic acids is 3. The third-order valence-corrected chi connectivity index (χ3v) is 5.81. The molecule has 0 unspecified atom stereocenters. The highest BCUT2D eigenvalue weighted by atomic mass is 16.5. The quantitative estimate of drug-likeness (QED) is 0.602. The lowest BCUT2D eigenvalue weighted by molar-refractivity contribution is -0.149. The zero-order chi connectivity index (χ0) is 22.5.